The molecule has 0 saturated carbocycles. The minimum absolute atomic E-state index is 0.637. The second-order valence-electron chi connectivity index (χ2n) is 5.93. The molecule has 3 fully saturated rings. The molecule has 112 valence electrons. The standard InChI is InChI=1S/C15H14ClN5S/c16-11-4-18-14-13(11)10(1-2-17-14)12-5-19-15(22-12)21-6-8-3-9(7-21)20-8/h1-2,4-5,8-9,20H,3,6-7H2,(H,17,18). The van der Waals surface area contributed by atoms with E-state index in [0.29, 0.717) is 17.1 Å². The number of halogens is 1. The number of H-pyrrole nitrogens is 1. The lowest BCUT2D eigenvalue weighted by Crippen LogP contribution is -2.67. The highest BCUT2D eigenvalue weighted by molar-refractivity contribution is 7.19. The average Bonchev–Trinajstić information content (AvgIpc) is 3.14. The van der Waals surface area contributed by atoms with Crippen LogP contribution in [0, 0.1) is 0 Å². The van der Waals surface area contributed by atoms with Crippen molar-refractivity contribution in [3.8, 4) is 10.4 Å². The Kier molecular flexibility index (Phi) is 2.74. The summed E-state index contributed by atoms with van der Waals surface area (Å²) in [4.78, 5) is 15.6. The van der Waals surface area contributed by atoms with Crippen molar-refractivity contribution in [2.45, 2.75) is 18.5 Å². The fourth-order valence-electron chi connectivity index (χ4n) is 3.43. The smallest absolute Gasteiger partial charge is 0.185 e. The number of fused-ring (bicyclic) bond motifs is 3. The maximum atomic E-state index is 6.30. The maximum absolute atomic E-state index is 6.30. The third-order valence-corrected chi connectivity index (χ3v) is 5.87. The molecule has 5 nitrogen and oxygen atoms in total. The number of hydrogen-bond acceptors (Lipinski definition) is 5. The maximum Gasteiger partial charge on any atom is 0.185 e. The Morgan fingerprint density at radius 2 is 2.09 bits per heavy atom. The molecule has 0 amide bonds. The summed E-state index contributed by atoms with van der Waals surface area (Å²) in [7, 11) is 0. The molecule has 0 spiro atoms. The topological polar surface area (TPSA) is 56.8 Å². The van der Waals surface area contributed by atoms with Crippen LogP contribution in [0.3, 0.4) is 0 Å². The van der Waals surface area contributed by atoms with Crippen molar-refractivity contribution in [1.29, 1.82) is 0 Å². The number of hydrogen-bond donors (Lipinski definition) is 2. The van der Waals surface area contributed by atoms with Crippen LogP contribution in [0.4, 0.5) is 5.13 Å². The molecule has 0 aliphatic carbocycles. The van der Waals surface area contributed by atoms with E-state index in [1.807, 2.05) is 18.5 Å². The van der Waals surface area contributed by atoms with Crippen molar-refractivity contribution >= 4 is 39.1 Å². The highest BCUT2D eigenvalue weighted by Gasteiger charge is 2.37. The van der Waals surface area contributed by atoms with Crippen LogP contribution in [0.2, 0.25) is 5.02 Å². The number of piperazine rings is 1. The molecular formula is C15H14ClN5S. The summed E-state index contributed by atoms with van der Waals surface area (Å²) < 4.78 is 0. The van der Waals surface area contributed by atoms with Gasteiger partial charge in [-0.3, -0.25) is 0 Å². The van der Waals surface area contributed by atoms with Crippen LogP contribution < -0.4 is 10.2 Å². The summed E-state index contributed by atoms with van der Waals surface area (Å²) in [6, 6.07) is 3.28. The lowest BCUT2D eigenvalue weighted by atomic mass is 9.92. The largest absolute Gasteiger partial charge is 0.345 e. The number of anilines is 1. The van der Waals surface area contributed by atoms with Gasteiger partial charge in [-0.2, -0.15) is 0 Å². The fourth-order valence-corrected chi connectivity index (χ4v) is 4.64. The second-order valence-corrected chi connectivity index (χ2v) is 7.34. The first-order valence-electron chi connectivity index (χ1n) is 7.37. The van der Waals surface area contributed by atoms with E-state index in [9.17, 15) is 0 Å². The van der Waals surface area contributed by atoms with Gasteiger partial charge in [0.25, 0.3) is 0 Å². The number of pyridine rings is 1. The van der Waals surface area contributed by atoms with Gasteiger partial charge in [0.05, 0.1) is 9.90 Å². The molecule has 3 aliphatic heterocycles. The zero-order valence-electron chi connectivity index (χ0n) is 11.7. The van der Waals surface area contributed by atoms with E-state index in [0.717, 1.165) is 39.7 Å². The van der Waals surface area contributed by atoms with E-state index in [4.69, 9.17) is 11.6 Å². The van der Waals surface area contributed by atoms with E-state index < -0.39 is 0 Å². The van der Waals surface area contributed by atoms with E-state index in [1.165, 1.54) is 6.42 Å². The number of thiazole rings is 1. The molecule has 3 aliphatic rings. The molecule has 0 radical (unpaired) electrons. The molecule has 7 heteroatoms. The van der Waals surface area contributed by atoms with Crippen LogP contribution in [-0.2, 0) is 0 Å². The minimum atomic E-state index is 0.637. The third-order valence-electron chi connectivity index (χ3n) is 4.48. The molecule has 0 aromatic carbocycles. The quantitative estimate of drug-likeness (QED) is 0.758. The Balaban J connectivity index is 1.54. The average molecular weight is 332 g/mol. The summed E-state index contributed by atoms with van der Waals surface area (Å²) in [6.07, 6.45) is 6.85. The third kappa shape index (κ3) is 1.87. The summed E-state index contributed by atoms with van der Waals surface area (Å²) >= 11 is 8.03. The number of nitrogens with zero attached hydrogens (tertiary/aromatic N) is 3. The first-order valence-corrected chi connectivity index (χ1v) is 8.56. The van der Waals surface area contributed by atoms with Gasteiger partial charge in [0, 0.05) is 54.7 Å². The van der Waals surface area contributed by atoms with Crippen molar-refractivity contribution in [2.24, 2.45) is 0 Å². The molecule has 3 aromatic rings. The molecule has 22 heavy (non-hydrogen) atoms. The van der Waals surface area contributed by atoms with E-state index in [-0.39, 0.29) is 0 Å². The van der Waals surface area contributed by atoms with Crippen LogP contribution in [0.15, 0.2) is 24.7 Å². The van der Waals surface area contributed by atoms with Crippen molar-refractivity contribution < 1.29 is 0 Å². The highest BCUT2D eigenvalue weighted by atomic mass is 35.5. The van der Waals surface area contributed by atoms with Crippen LogP contribution in [0.1, 0.15) is 6.42 Å². The van der Waals surface area contributed by atoms with Gasteiger partial charge in [0.15, 0.2) is 5.13 Å². The molecule has 2 unspecified atom stereocenters. The summed E-state index contributed by atoms with van der Waals surface area (Å²) in [6.45, 7) is 2.11. The van der Waals surface area contributed by atoms with Gasteiger partial charge in [0.1, 0.15) is 5.65 Å². The van der Waals surface area contributed by atoms with Gasteiger partial charge in [-0.1, -0.05) is 22.9 Å². The van der Waals surface area contributed by atoms with Gasteiger partial charge >= 0.3 is 0 Å². The van der Waals surface area contributed by atoms with Crippen molar-refractivity contribution in [1.82, 2.24) is 20.3 Å². The molecule has 2 N–H and O–H groups in total. The molecular weight excluding hydrogens is 318 g/mol. The van der Waals surface area contributed by atoms with E-state index >= 15 is 0 Å². The van der Waals surface area contributed by atoms with Crippen LogP contribution in [0.25, 0.3) is 21.5 Å². The summed E-state index contributed by atoms with van der Waals surface area (Å²) in [5.41, 5.74) is 1.92. The predicted molar refractivity (Wildman–Crippen MR) is 89.8 cm³/mol. The first-order chi connectivity index (χ1) is 10.8. The number of rotatable bonds is 2. The van der Waals surface area contributed by atoms with Crippen molar-refractivity contribution in [3.63, 3.8) is 0 Å². The number of aromatic nitrogens is 3. The molecule has 3 saturated heterocycles. The van der Waals surface area contributed by atoms with Gasteiger partial charge in [-0.05, 0) is 12.5 Å². The van der Waals surface area contributed by atoms with Crippen LogP contribution >= 0.6 is 22.9 Å². The van der Waals surface area contributed by atoms with Crippen LogP contribution in [0.5, 0.6) is 0 Å². The van der Waals surface area contributed by atoms with Gasteiger partial charge in [0.2, 0.25) is 0 Å². The number of aromatic amines is 1. The first kappa shape index (κ1) is 12.9. The van der Waals surface area contributed by atoms with Crippen molar-refractivity contribution in [3.05, 3.63) is 29.7 Å². The monoisotopic (exact) mass is 331 g/mol. The zero-order valence-corrected chi connectivity index (χ0v) is 13.3. The van der Waals surface area contributed by atoms with Crippen LogP contribution in [-0.4, -0.2) is 40.1 Å². The van der Waals surface area contributed by atoms with E-state index in [2.05, 4.69) is 25.2 Å². The molecule has 3 aromatic heterocycles. The zero-order chi connectivity index (χ0) is 14.7. The Bertz CT molecular complexity index is 841. The molecule has 2 bridgehead atoms. The highest BCUT2D eigenvalue weighted by Crippen LogP contribution is 2.38. The Morgan fingerprint density at radius 3 is 2.91 bits per heavy atom. The molecule has 6 heterocycles. The van der Waals surface area contributed by atoms with E-state index in [1.54, 1.807) is 17.5 Å². The fraction of sp³-hybridized carbons (Fsp3) is 0.333. The predicted octanol–water partition coefficient (Wildman–Crippen LogP) is 2.89. The number of nitrogens with one attached hydrogen (secondary N) is 2. The van der Waals surface area contributed by atoms with Crippen molar-refractivity contribution in [2.75, 3.05) is 18.0 Å². The lowest BCUT2D eigenvalue weighted by Gasteiger charge is -2.48. The normalized spacial score (nSPS) is 23.8. The second kappa shape index (κ2) is 4.68. The Morgan fingerprint density at radius 1 is 1.27 bits per heavy atom. The lowest BCUT2D eigenvalue weighted by molar-refractivity contribution is 0.226. The number of piperidine rings is 1. The SMILES string of the molecule is Clc1c[nH]c2nccc(-c3cnc(N4CC5CC(C4)N5)s3)c12. The van der Waals surface area contributed by atoms with Gasteiger partial charge < -0.3 is 15.2 Å². The Hall–Kier alpha value is -1.63. The Labute approximate surface area is 136 Å². The summed E-state index contributed by atoms with van der Waals surface area (Å²) in [5.74, 6) is 0. The molecule has 2 atom stereocenters. The van der Waals surface area contributed by atoms with Gasteiger partial charge in [-0.15, -0.1) is 0 Å². The summed E-state index contributed by atoms with van der Waals surface area (Å²) in [5, 5.41) is 6.33. The van der Waals surface area contributed by atoms with Gasteiger partial charge in [-0.25, -0.2) is 9.97 Å². The minimum Gasteiger partial charge on any atom is -0.345 e. The molecule has 6 rings (SSSR count).